The van der Waals surface area contributed by atoms with Gasteiger partial charge in [0.25, 0.3) is 0 Å². The highest BCUT2D eigenvalue weighted by molar-refractivity contribution is 5.88. The number of nitrogens with one attached hydrogen (secondary N) is 1. The van der Waals surface area contributed by atoms with Gasteiger partial charge in [0.1, 0.15) is 5.58 Å². The summed E-state index contributed by atoms with van der Waals surface area (Å²) in [6.45, 7) is 5.96. The van der Waals surface area contributed by atoms with Gasteiger partial charge >= 0.3 is 0 Å². The Morgan fingerprint density at radius 1 is 1.25 bits per heavy atom. The average Bonchev–Trinajstić information content (AvgIpc) is 3.08. The summed E-state index contributed by atoms with van der Waals surface area (Å²) in [4.78, 5) is 14.5. The van der Waals surface area contributed by atoms with Crippen LogP contribution in [0.5, 0.6) is 0 Å². The van der Waals surface area contributed by atoms with Gasteiger partial charge in [-0.25, -0.2) is 0 Å². The summed E-state index contributed by atoms with van der Waals surface area (Å²) < 4.78 is 5.69. The molecule has 0 saturated heterocycles. The van der Waals surface area contributed by atoms with Gasteiger partial charge in [-0.15, -0.1) is 0 Å². The van der Waals surface area contributed by atoms with E-state index >= 15 is 0 Å². The first kappa shape index (κ1) is 17.0. The van der Waals surface area contributed by atoms with Gasteiger partial charge in [0.15, 0.2) is 0 Å². The maximum Gasteiger partial charge on any atom is 0.224 e. The Morgan fingerprint density at radius 3 is 2.67 bits per heavy atom. The number of hydrogen-bond donors (Lipinski definition) is 1. The number of furan rings is 1. The smallest absolute Gasteiger partial charge is 0.224 e. The molecule has 1 heterocycles. The van der Waals surface area contributed by atoms with E-state index in [-0.39, 0.29) is 11.3 Å². The Hall–Kier alpha value is -1.81. The third-order valence-corrected chi connectivity index (χ3v) is 4.73. The first-order valence-electron chi connectivity index (χ1n) is 8.77. The fraction of sp³-hybridized carbons (Fsp3) is 0.550. The van der Waals surface area contributed by atoms with Crippen LogP contribution in [0, 0.1) is 5.41 Å². The minimum Gasteiger partial charge on any atom is -0.464 e. The lowest BCUT2D eigenvalue weighted by Gasteiger charge is -2.28. The van der Waals surface area contributed by atoms with Crippen LogP contribution < -0.4 is 5.32 Å². The zero-order valence-electron chi connectivity index (χ0n) is 15.2. The van der Waals surface area contributed by atoms with Crippen molar-refractivity contribution < 1.29 is 9.21 Å². The summed E-state index contributed by atoms with van der Waals surface area (Å²) in [5, 5.41) is 4.17. The zero-order valence-corrected chi connectivity index (χ0v) is 15.2. The Balaban J connectivity index is 1.66. The van der Waals surface area contributed by atoms with Crippen molar-refractivity contribution in [3.63, 3.8) is 0 Å². The highest BCUT2D eigenvalue weighted by atomic mass is 16.3. The molecule has 1 aliphatic rings. The number of hydrogen-bond acceptors (Lipinski definition) is 3. The van der Waals surface area contributed by atoms with Crippen molar-refractivity contribution >= 4 is 16.9 Å². The van der Waals surface area contributed by atoms with E-state index < -0.39 is 0 Å². The van der Waals surface area contributed by atoms with Crippen molar-refractivity contribution in [3.8, 4) is 0 Å². The number of carbonyl (C=O) groups excluding carboxylic acids is 1. The number of rotatable bonds is 6. The third kappa shape index (κ3) is 3.81. The lowest BCUT2D eigenvalue weighted by Crippen LogP contribution is -2.40. The van der Waals surface area contributed by atoms with Crippen molar-refractivity contribution in [1.29, 1.82) is 0 Å². The summed E-state index contributed by atoms with van der Waals surface area (Å²) in [6, 6.07) is 4.37. The molecular formula is C20H28N2O2. The van der Waals surface area contributed by atoms with Gasteiger partial charge < -0.3 is 14.6 Å². The van der Waals surface area contributed by atoms with Gasteiger partial charge in [-0.2, -0.15) is 0 Å². The maximum absolute atomic E-state index is 12.4. The number of fused-ring (bicyclic) bond motifs is 2. The van der Waals surface area contributed by atoms with E-state index in [1.165, 1.54) is 17.5 Å². The number of amides is 1. The predicted octanol–water partition coefficient (Wildman–Crippen LogP) is 3.17. The number of benzene rings is 1. The second kappa shape index (κ2) is 6.60. The molecule has 3 rings (SSSR count). The number of aryl methyl sites for hydroxylation is 2. The van der Waals surface area contributed by atoms with E-state index in [1.54, 1.807) is 6.26 Å². The number of carbonyl (C=O) groups is 1. The second-order valence-corrected chi connectivity index (χ2v) is 8.09. The van der Waals surface area contributed by atoms with Gasteiger partial charge in [0.2, 0.25) is 5.91 Å². The van der Waals surface area contributed by atoms with E-state index in [4.69, 9.17) is 4.42 Å². The molecule has 130 valence electrons. The molecule has 0 saturated carbocycles. The summed E-state index contributed by atoms with van der Waals surface area (Å²) in [7, 11) is 4.11. The van der Waals surface area contributed by atoms with E-state index in [1.807, 2.05) is 0 Å². The maximum atomic E-state index is 12.4. The summed E-state index contributed by atoms with van der Waals surface area (Å²) >= 11 is 0. The molecular weight excluding hydrogens is 300 g/mol. The van der Waals surface area contributed by atoms with Gasteiger partial charge in [-0.1, -0.05) is 13.8 Å². The summed E-state index contributed by atoms with van der Waals surface area (Å²) in [5.41, 5.74) is 4.77. The zero-order chi connectivity index (χ0) is 17.3. The van der Waals surface area contributed by atoms with Crippen LogP contribution in [0.15, 0.2) is 22.8 Å². The quantitative estimate of drug-likeness (QED) is 0.886. The van der Waals surface area contributed by atoms with Crippen molar-refractivity contribution in [2.45, 2.75) is 39.5 Å². The van der Waals surface area contributed by atoms with Crippen LogP contribution in [0.25, 0.3) is 11.0 Å². The average molecular weight is 328 g/mol. The Labute approximate surface area is 144 Å². The fourth-order valence-corrected chi connectivity index (χ4v) is 3.77. The molecule has 1 aromatic heterocycles. The fourth-order valence-electron chi connectivity index (χ4n) is 3.77. The van der Waals surface area contributed by atoms with Crippen molar-refractivity contribution in [2.24, 2.45) is 5.41 Å². The minimum atomic E-state index is 0.0540. The van der Waals surface area contributed by atoms with Crippen LogP contribution in [0.2, 0.25) is 0 Å². The Bertz CT molecular complexity index is 743. The van der Waals surface area contributed by atoms with Crippen LogP contribution >= 0.6 is 0 Å². The molecule has 1 amide bonds. The standard InChI is InChI=1S/C20H28N2O2/c1-20(2,13-22(3)4)12-21-19(23)10-16-11-24-18-9-15-7-5-6-14(15)8-17(16)18/h8-9,11H,5-7,10,12-13H2,1-4H3,(H,21,23). The molecule has 2 aromatic rings. The topological polar surface area (TPSA) is 45.5 Å². The molecule has 0 spiro atoms. The first-order chi connectivity index (χ1) is 11.3. The first-order valence-corrected chi connectivity index (χ1v) is 8.77. The molecule has 0 bridgehead atoms. The highest BCUT2D eigenvalue weighted by Gasteiger charge is 2.21. The lowest BCUT2D eigenvalue weighted by molar-refractivity contribution is -0.120. The molecule has 0 aliphatic heterocycles. The largest absolute Gasteiger partial charge is 0.464 e. The molecule has 0 atom stereocenters. The molecule has 1 aliphatic carbocycles. The van der Waals surface area contributed by atoms with Crippen LogP contribution in [-0.2, 0) is 24.1 Å². The number of nitrogens with zero attached hydrogens (tertiary/aromatic N) is 1. The van der Waals surface area contributed by atoms with Crippen molar-refractivity contribution in [3.05, 3.63) is 35.1 Å². The van der Waals surface area contributed by atoms with Crippen LogP contribution in [-0.4, -0.2) is 38.0 Å². The monoisotopic (exact) mass is 328 g/mol. The Kier molecular flexibility index (Phi) is 4.68. The van der Waals surface area contributed by atoms with Gasteiger partial charge in [-0.3, -0.25) is 4.79 Å². The molecule has 0 fully saturated rings. The van der Waals surface area contributed by atoms with Gasteiger partial charge in [0.05, 0.1) is 12.7 Å². The summed E-state index contributed by atoms with van der Waals surface area (Å²) in [5.74, 6) is 0.0602. The van der Waals surface area contributed by atoms with Crippen molar-refractivity contribution in [2.75, 3.05) is 27.2 Å². The van der Waals surface area contributed by atoms with Crippen LogP contribution in [0.4, 0.5) is 0 Å². The van der Waals surface area contributed by atoms with Crippen LogP contribution in [0.3, 0.4) is 0 Å². The van der Waals surface area contributed by atoms with E-state index in [0.29, 0.717) is 13.0 Å². The SMILES string of the molecule is CN(C)CC(C)(C)CNC(=O)Cc1coc2cc3c(cc12)CCC3. The lowest BCUT2D eigenvalue weighted by atomic mass is 9.93. The normalized spacial score (nSPS) is 14.4. The summed E-state index contributed by atoms with van der Waals surface area (Å²) in [6.07, 6.45) is 5.62. The van der Waals surface area contributed by atoms with Crippen molar-refractivity contribution in [1.82, 2.24) is 10.2 Å². The molecule has 0 radical (unpaired) electrons. The molecule has 24 heavy (non-hydrogen) atoms. The molecule has 0 unspecified atom stereocenters. The van der Waals surface area contributed by atoms with E-state index in [2.05, 4.69) is 50.3 Å². The molecule has 1 aromatic carbocycles. The third-order valence-electron chi connectivity index (χ3n) is 4.73. The van der Waals surface area contributed by atoms with Gasteiger partial charge in [0, 0.05) is 24.0 Å². The Morgan fingerprint density at radius 2 is 1.96 bits per heavy atom. The van der Waals surface area contributed by atoms with Crippen LogP contribution in [0.1, 0.15) is 37.0 Å². The molecule has 4 heteroatoms. The molecule has 1 N–H and O–H groups in total. The minimum absolute atomic E-state index is 0.0540. The molecule has 4 nitrogen and oxygen atoms in total. The highest BCUT2D eigenvalue weighted by Crippen LogP contribution is 2.30. The van der Waals surface area contributed by atoms with Gasteiger partial charge in [-0.05, 0) is 62.0 Å². The van der Waals surface area contributed by atoms with E-state index in [9.17, 15) is 4.79 Å². The van der Waals surface area contributed by atoms with E-state index in [0.717, 1.165) is 35.9 Å². The second-order valence-electron chi connectivity index (χ2n) is 8.09. The predicted molar refractivity (Wildman–Crippen MR) is 97.3 cm³/mol.